The van der Waals surface area contributed by atoms with Crippen molar-refractivity contribution in [3.8, 4) is 5.75 Å². The molecular weight excluding hydrogens is 546 g/mol. The topological polar surface area (TPSA) is 96.0 Å². The highest BCUT2D eigenvalue weighted by molar-refractivity contribution is 9.10. The quantitative estimate of drug-likeness (QED) is 0.379. The Morgan fingerprint density at radius 2 is 1.78 bits per heavy atom. The second kappa shape index (κ2) is 13.6. The predicted molar refractivity (Wildman–Crippen MR) is 146 cm³/mol. The summed E-state index contributed by atoms with van der Waals surface area (Å²) in [5.41, 5.74) is 1.36. The molecule has 2 aromatic rings. The second-order valence-corrected chi connectivity index (χ2v) is 11.6. The van der Waals surface area contributed by atoms with Crippen LogP contribution in [0.1, 0.15) is 45.6 Å². The number of nitrogens with one attached hydrogen (secondary N) is 1. The van der Waals surface area contributed by atoms with Crippen molar-refractivity contribution < 1.29 is 22.7 Å². The van der Waals surface area contributed by atoms with Crippen LogP contribution in [0, 0.1) is 0 Å². The minimum Gasteiger partial charge on any atom is -0.497 e. The summed E-state index contributed by atoms with van der Waals surface area (Å²) in [6.07, 6.45) is 2.30. The first-order valence-corrected chi connectivity index (χ1v) is 14.6. The Morgan fingerprint density at radius 1 is 1.11 bits per heavy atom. The van der Waals surface area contributed by atoms with Gasteiger partial charge >= 0.3 is 0 Å². The van der Waals surface area contributed by atoms with Gasteiger partial charge in [0.2, 0.25) is 21.8 Å². The van der Waals surface area contributed by atoms with E-state index in [9.17, 15) is 18.0 Å². The van der Waals surface area contributed by atoms with Gasteiger partial charge in [-0.05, 0) is 56.5 Å². The fraction of sp³-hybridized carbons (Fsp3) is 0.462. The van der Waals surface area contributed by atoms with Gasteiger partial charge in [-0.3, -0.25) is 13.9 Å². The van der Waals surface area contributed by atoms with Crippen LogP contribution in [0.2, 0.25) is 0 Å². The molecule has 0 saturated carbocycles. The zero-order chi connectivity index (χ0) is 26.9. The van der Waals surface area contributed by atoms with Crippen molar-refractivity contribution in [3.63, 3.8) is 0 Å². The third-order valence-electron chi connectivity index (χ3n) is 5.93. The van der Waals surface area contributed by atoms with E-state index < -0.39 is 16.1 Å². The first kappa shape index (κ1) is 29.6. The van der Waals surface area contributed by atoms with Crippen molar-refractivity contribution in [3.05, 3.63) is 58.6 Å². The zero-order valence-electron chi connectivity index (χ0n) is 21.5. The maximum Gasteiger partial charge on any atom is 0.242 e. The minimum atomic E-state index is -3.58. The predicted octanol–water partition coefficient (Wildman–Crippen LogP) is 4.34. The van der Waals surface area contributed by atoms with E-state index in [1.165, 1.54) is 11.4 Å². The summed E-state index contributed by atoms with van der Waals surface area (Å²) in [7, 11) is -2.06. The van der Waals surface area contributed by atoms with Gasteiger partial charge in [-0.25, -0.2) is 8.42 Å². The minimum absolute atomic E-state index is 0.00392. The number of hydrogen-bond donors (Lipinski definition) is 1. The lowest BCUT2D eigenvalue weighted by atomic mass is 10.1. The first-order valence-electron chi connectivity index (χ1n) is 11.9. The van der Waals surface area contributed by atoms with Gasteiger partial charge in [0.05, 0.1) is 19.1 Å². The molecule has 36 heavy (non-hydrogen) atoms. The summed E-state index contributed by atoms with van der Waals surface area (Å²) in [6, 6.07) is 13.7. The van der Waals surface area contributed by atoms with Crippen LogP contribution in [0.15, 0.2) is 53.0 Å². The highest BCUT2D eigenvalue weighted by Gasteiger charge is 2.27. The number of amides is 2. The number of carbonyl (C=O) groups is 2. The number of benzene rings is 2. The van der Waals surface area contributed by atoms with E-state index in [0.717, 1.165) is 22.7 Å². The molecule has 0 spiro atoms. The Labute approximate surface area is 223 Å². The van der Waals surface area contributed by atoms with Gasteiger partial charge in [-0.1, -0.05) is 41.1 Å². The van der Waals surface area contributed by atoms with Gasteiger partial charge in [0.15, 0.2) is 0 Å². The summed E-state index contributed by atoms with van der Waals surface area (Å²) in [6.45, 7) is 6.01. The molecule has 8 nitrogen and oxygen atoms in total. The van der Waals surface area contributed by atoms with Crippen LogP contribution in [-0.2, 0) is 26.2 Å². The Kier molecular flexibility index (Phi) is 11.2. The normalized spacial score (nSPS) is 12.9. The molecule has 198 valence electrons. The van der Waals surface area contributed by atoms with Crippen LogP contribution in [0.25, 0.3) is 0 Å². The van der Waals surface area contributed by atoms with Crippen molar-refractivity contribution in [2.45, 2.75) is 58.7 Å². The zero-order valence-corrected chi connectivity index (χ0v) is 23.9. The lowest BCUT2D eigenvalue weighted by Gasteiger charge is -2.30. The number of sulfonamides is 1. The van der Waals surface area contributed by atoms with Gasteiger partial charge in [0.1, 0.15) is 11.8 Å². The molecule has 2 atom stereocenters. The summed E-state index contributed by atoms with van der Waals surface area (Å²) in [5.74, 6) is 0.104. The third kappa shape index (κ3) is 8.81. The highest BCUT2D eigenvalue weighted by atomic mass is 79.9. The molecule has 0 bridgehead atoms. The Bertz CT molecular complexity index is 1120. The molecular formula is C26H36BrN3O5S. The van der Waals surface area contributed by atoms with Gasteiger partial charge in [0, 0.05) is 36.1 Å². The molecule has 0 aliphatic heterocycles. The molecule has 2 aromatic carbocycles. The lowest BCUT2D eigenvalue weighted by Crippen LogP contribution is -2.49. The highest BCUT2D eigenvalue weighted by Crippen LogP contribution is 2.24. The average molecular weight is 583 g/mol. The fourth-order valence-corrected chi connectivity index (χ4v) is 4.83. The van der Waals surface area contributed by atoms with Crippen molar-refractivity contribution in [1.82, 2.24) is 10.2 Å². The van der Waals surface area contributed by atoms with Gasteiger partial charge < -0.3 is 15.0 Å². The molecule has 0 heterocycles. The standard InChI is InChI=1S/C26H36BrN3O5S/c1-6-19(2)28-26(32)20(3)29(18-21-12-14-22(27)15-13-21)25(31)11-8-16-30(36(5,33)34)23-9-7-10-24(17-23)35-4/h7,9-10,12-15,17,19-20H,6,8,11,16,18H2,1-5H3,(H,28,32). The molecule has 2 amide bonds. The Balaban J connectivity index is 2.17. The number of methoxy groups -OCH3 is 1. The molecule has 0 radical (unpaired) electrons. The van der Waals surface area contributed by atoms with Crippen molar-refractivity contribution in [2.75, 3.05) is 24.2 Å². The molecule has 2 unspecified atom stereocenters. The number of anilines is 1. The number of carbonyl (C=O) groups excluding carboxylic acids is 2. The van der Waals surface area contributed by atoms with Crippen LogP contribution in [0.5, 0.6) is 5.75 Å². The smallest absolute Gasteiger partial charge is 0.242 e. The first-order chi connectivity index (χ1) is 17.0. The SMILES string of the molecule is CCC(C)NC(=O)C(C)N(Cc1ccc(Br)cc1)C(=O)CCCN(c1cccc(OC)c1)S(C)(=O)=O. The maximum absolute atomic E-state index is 13.3. The fourth-order valence-electron chi connectivity index (χ4n) is 3.60. The van der Waals surface area contributed by atoms with Crippen LogP contribution in [0.3, 0.4) is 0 Å². The second-order valence-electron chi connectivity index (χ2n) is 8.78. The molecule has 2 rings (SSSR count). The Hall–Kier alpha value is -2.59. The van der Waals surface area contributed by atoms with E-state index in [2.05, 4.69) is 21.2 Å². The average Bonchev–Trinajstić information content (AvgIpc) is 2.84. The molecule has 0 aromatic heterocycles. The van der Waals surface area contributed by atoms with E-state index in [0.29, 0.717) is 17.9 Å². The van der Waals surface area contributed by atoms with Crippen molar-refractivity contribution >= 4 is 43.5 Å². The van der Waals surface area contributed by atoms with Gasteiger partial charge in [-0.15, -0.1) is 0 Å². The maximum atomic E-state index is 13.3. The lowest BCUT2D eigenvalue weighted by molar-refractivity contribution is -0.140. The molecule has 0 aliphatic rings. The van der Waals surface area contributed by atoms with Crippen LogP contribution < -0.4 is 14.4 Å². The van der Waals surface area contributed by atoms with Gasteiger partial charge in [-0.2, -0.15) is 0 Å². The van der Waals surface area contributed by atoms with E-state index in [-0.39, 0.29) is 37.4 Å². The molecule has 10 heteroatoms. The monoisotopic (exact) mass is 581 g/mol. The molecule has 0 fully saturated rings. The largest absolute Gasteiger partial charge is 0.497 e. The van der Waals surface area contributed by atoms with Crippen LogP contribution in [-0.4, -0.2) is 57.1 Å². The summed E-state index contributed by atoms with van der Waals surface area (Å²) in [4.78, 5) is 27.7. The van der Waals surface area contributed by atoms with E-state index >= 15 is 0 Å². The summed E-state index contributed by atoms with van der Waals surface area (Å²) < 4.78 is 32.3. The van der Waals surface area contributed by atoms with Crippen molar-refractivity contribution in [2.24, 2.45) is 0 Å². The molecule has 0 saturated heterocycles. The van der Waals surface area contributed by atoms with E-state index in [1.54, 1.807) is 36.1 Å². The molecule has 1 N–H and O–H groups in total. The molecule has 0 aliphatic carbocycles. The summed E-state index contributed by atoms with van der Waals surface area (Å²) in [5, 5.41) is 2.95. The number of hydrogen-bond acceptors (Lipinski definition) is 5. The Morgan fingerprint density at radius 3 is 2.36 bits per heavy atom. The summed E-state index contributed by atoms with van der Waals surface area (Å²) >= 11 is 3.41. The van der Waals surface area contributed by atoms with E-state index in [4.69, 9.17) is 4.74 Å². The number of halogens is 1. The number of rotatable bonds is 13. The van der Waals surface area contributed by atoms with Crippen LogP contribution >= 0.6 is 15.9 Å². The van der Waals surface area contributed by atoms with Crippen LogP contribution in [0.4, 0.5) is 5.69 Å². The number of ether oxygens (including phenoxy) is 1. The van der Waals surface area contributed by atoms with Crippen molar-refractivity contribution in [1.29, 1.82) is 0 Å². The third-order valence-corrected chi connectivity index (χ3v) is 7.65. The van der Waals surface area contributed by atoms with E-state index in [1.807, 2.05) is 38.1 Å². The van der Waals surface area contributed by atoms with Gasteiger partial charge in [0.25, 0.3) is 0 Å². The number of nitrogens with zero attached hydrogens (tertiary/aromatic N) is 2.